The topological polar surface area (TPSA) is 124 Å². The van der Waals surface area contributed by atoms with E-state index in [1.54, 1.807) is 0 Å². The van der Waals surface area contributed by atoms with Crippen molar-refractivity contribution < 1.29 is 34.8 Å². The minimum atomic E-state index is -2.11. The average Bonchev–Trinajstić information content (AvgIpc) is 2.23. The molecular formula is C7H12O7. The molecule has 0 aromatic carbocycles. The van der Waals surface area contributed by atoms with Crippen molar-refractivity contribution in [3.8, 4) is 0 Å². The van der Waals surface area contributed by atoms with Crippen molar-refractivity contribution >= 4 is 11.8 Å². The van der Waals surface area contributed by atoms with Crippen molar-refractivity contribution in [1.29, 1.82) is 0 Å². The van der Waals surface area contributed by atoms with Crippen LogP contribution >= 0.6 is 0 Å². The molecule has 82 valence electrons. The van der Waals surface area contributed by atoms with Crippen LogP contribution in [0.4, 0.5) is 0 Å². The molecule has 0 saturated carbocycles. The average molecular weight is 208 g/mol. The molecule has 3 atom stereocenters. The second-order valence-electron chi connectivity index (χ2n) is 2.54. The lowest BCUT2D eigenvalue weighted by molar-refractivity contribution is -0.161. The first kappa shape index (κ1) is 13.0. The molecule has 0 unspecified atom stereocenters. The predicted octanol–water partition coefficient (Wildman–Crippen LogP) is -3.20. The van der Waals surface area contributed by atoms with Crippen molar-refractivity contribution in [1.82, 2.24) is 0 Å². The molecule has 0 aliphatic carbocycles. The van der Waals surface area contributed by atoms with Gasteiger partial charge in [-0.25, -0.2) is 4.79 Å². The fraction of sp³-hybridized carbons (Fsp3) is 0.714. The molecule has 0 aromatic heterocycles. The first-order chi connectivity index (χ1) is 6.45. The highest BCUT2D eigenvalue weighted by Crippen LogP contribution is 2.02. The number of Topliss-reactive ketones (excluding diaryl/α,β-unsaturated/α-hetero) is 1. The van der Waals surface area contributed by atoms with Gasteiger partial charge < -0.3 is 25.2 Å². The summed E-state index contributed by atoms with van der Waals surface area (Å²) in [6.45, 7) is -0.841. The minimum absolute atomic E-state index is 0.841. The van der Waals surface area contributed by atoms with Gasteiger partial charge in [0.25, 0.3) is 5.78 Å². The van der Waals surface area contributed by atoms with Crippen molar-refractivity contribution in [3.05, 3.63) is 0 Å². The van der Waals surface area contributed by atoms with E-state index in [1.807, 2.05) is 0 Å². The molecule has 0 heterocycles. The molecule has 0 fully saturated rings. The van der Waals surface area contributed by atoms with Crippen LogP contribution in [-0.4, -0.2) is 64.2 Å². The van der Waals surface area contributed by atoms with Crippen molar-refractivity contribution in [2.24, 2.45) is 0 Å². The number of ether oxygens (including phenoxy) is 1. The molecule has 0 saturated heterocycles. The number of carbonyl (C=O) groups excluding carboxylic acids is 2. The molecule has 0 aromatic rings. The monoisotopic (exact) mass is 208 g/mol. The fourth-order valence-electron chi connectivity index (χ4n) is 0.695. The van der Waals surface area contributed by atoms with E-state index in [4.69, 9.17) is 20.4 Å². The van der Waals surface area contributed by atoms with Crippen LogP contribution in [0.5, 0.6) is 0 Å². The van der Waals surface area contributed by atoms with Gasteiger partial charge in [-0.05, 0) is 0 Å². The van der Waals surface area contributed by atoms with Crippen LogP contribution in [0.1, 0.15) is 0 Å². The predicted molar refractivity (Wildman–Crippen MR) is 42.1 cm³/mol. The van der Waals surface area contributed by atoms with E-state index in [1.165, 1.54) is 0 Å². The van der Waals surface area contributed by atoms with Gasteiger partial charge in [0.15, 0.2) is 6.10 Å². The van der Waals surface area contributed by atoms with Crippen LogP contribution in [0.3, 0.4) is 0 Å². The van der Waals surface area contributed by atoms with Crippen LogP contribution in [0, 0.1) is 0 Å². The Hall–Kier alpha value is -1.02. The van der Waals surface area contributed by atoms with Crippen molar-refractivity contribution in [2.45, 2.75) is 18.3 Å². The Morgan fingerprint density at radius 3 is 2.14 bits per heavy atom. The molecule has 0 aliphatic rings. The SMILES string of the molecule is COC(=O)C(=O)[C@H](O)[C@H](O)[C@H](O)CO. The molecule has 0 aliphatic heterocycles. The third kappa shape index (κ3) is 3.04. The number of hydrogen-bond acceptors (Lipinski definition) is 7. The Morgan fingerprint density at radius 2 is 1.79 bits per heavy atom. The van der Waals surface area contributed by atoms with Gasteiger partial charge in [-0.3, -0.25) is 4.79 Å². The summed E-state index contributed by atoms with van der Waals surface area (Å²) in [5, 5.41) is 35.2. The van der Waals surface area contributed by atoms with E-state index in [2.05, 4.69) is 4.74 Å². The molecule has 14 heavy (non-hydrogen) atoms. The second-order valence-corrected chi connectivity index (χ2v) is 2.54. The molecule has 0 bridgehead atoms. The third-order valence-electron chi connectivity index (χ3n) is 1.56. The highest BCUT2D eigenvalue weighted by atomic mass is 16.5. The van der Waals surface area contributed by atoms with Crippen LogP contribution in [-0.2, 0) is 14.3 Å². The minimum Gasteiger partial charge on any atom is -0.463 e. The smallest absolute Gasteiger partial charge is 0.377 e. The number of rotatable bonds is 5. The Morgan fingerprint density at radius 1 is 1.29 bits per heavy atom. The summed E-state index contributed by atoms with van der Waals surface area (Å²) in [6, 6.07) is 0. The standard InChI is InChI=1S/C7H12O7/c1-14-7(13)6(12)5(11)4(10)3(9)2-8/h3-5,8-11H,2H2,1H3/t3-,4-,5-/m1/s1. The van der Waals surface area contributed by atoms with Gasteiger partial charge in [0.05, 0.1) is 13.7 Å². The molecule has 4 N–H and O–H groups in total. The Bertz CT molecular complexity index is 214. The van der Waals surface area contributed by atoms with E-state index in [0.29, 0.717) is 0 Å². The van der Waals surface area contributed by atoms with Crippen LogP contribution in [0.25, 0.3) is 0 Å². The summed E-state index contributed by atoms with van der Waals surface area (Å²) in [7, 11) is 0.932. The summed E-state index contributed by atoms with van der Waals surface area (Å²) >= 11 is 0. The normalized spacial score (nSPS) is 16.9. The number of hydrogen-bond donors (Lipinski definition) is 4. The molecular weight excluding hydrogens is 196 g/mol. The number of esters is 1. The van der Waals surface area contributed by atoms with E-state index in [-0.39, 0.29) is 0 Å². The molecule has 0 spiro atoms. The molecule has 0 rings (SSSR count). The first-order valence-electron chi connectivity index (χ1n) is 3.73. The van der Waals surface area contributed by atoms with Crippen LogP contribution in [0.2, 0.25) is 0 Å². The lowest BCUT2D eigenvalue weighted by Crippen LogP contribution is -2.46. The van der Waals surface area contributed by atoms with Gasteiger partial charge >= 0.3 is 5.97 Å². The zero-order valence-corrected chi connectivity index (χ0v) is 7.45. The maximum atomic E-state index is 10.9. The summed E-state index contributed by atoms with van der Waals surface area (Å²) in [5.74, 6) is -2.71. The lowest BCUT2D eigenvalue weighted by Gasteiger charge is -2.19. The van der Waals surface area contributed by atoms with Crippen LogP contribution < -0.4 is 0 Å². The molecule has 0 amide bonds. The van der Waals surface area contributed by atoms with E-state index < -0.39 is 36.7 Å². The molecule has 7 heteroatoms. The largest absolute Gasteiger partial charge is 0.463 e. The van der Waals surface area contributed by atoms with E-state index in [0.717, 1.165) is 7.11 Å². The highest BCUT2D eigenvalue weighted by Gasteiger charge is 2.34. The number of aliphatic hydroxyl groups excluding tert-OH is 4. The second kappa shape index (κ2) is 5.66. The van der Waals surface area contributed by atoms with Crippen molar-refractivity contribution in [2.75, 3.05) is 13.7 Å². The zero-order chi connectivity index (χ0) is 11.3. The lowest BCUT2D eigenvalue weighted by atomic mass is 10.1. The quantitative estimate of drug-likeness (QED) is 0.277. The molecule has 7 nitrogen and oxygen atoms in total. The van der Waals surface area contributed by atoms with E-state index >= 15 is 0 Å². The fourth-order valence-corrected chi connectivity index (χ4v) is 0.695. The van der Waals surface area contributed by atoms with Gasteiger partial charge in [-0.15, -0.1) is 0 Å². The maximum Gasteiger partial charge on any atom is 0.377 e. The Labute approximate surface area is 79.5 Å². The van der Waals surface area contributed by atoms with Gasteiger partial charge in [-0.2, -0.15) is 0 Å². The number of aliphatic hydroxyl groups is 4. The number of carbonyl (C=O) groups is 2. The third-order valence-corrected chi connectivity index (χ3v) is 1.56. The summed E-state index contributed by atoms with van der Waals surface area (Å²) < 4.78 is 3.99. The Kier molecular flexibility index (Phi) is 5.24. The number of ketones is 1. The maximum absolute atomic E-state index is 10.9. The summed E-state index contributed by atoms with van der Waals surface area (Å²) in [6.07, 6.45) is -5.73. The van der Waals surface area contributed by atoms with Gasteiger partial charge in [0, 0.05) is 0 Å². The van der Waals surface area contributed by atoms with Gasteiger partial charge in [0.1, 0.15) is 12.2 Å². The van der Waals surface area contributed by atoms with Gasteiger partial charge in [0.2, 0.25) is 0 Å². The van der Waals surface area contributed by atoms with E-state index in [9.17, 15) is 9.59 Å². The summed E-state index contributed by atoms with van der Waals surface area (Å²) in [5.41, 5.74) is 0. The zero-order valence-electron chi connectivity index (χ0n) is 7.45. The van der Waals surface area contributed by atoms with Crippen molar-refractivity contribution in [3.63, 3.8) is 0 Å². The first-order valence-corrected chi connectivity index (χ1v) is 3.73. The van der Waals surface area contributed by atoms with Crippen LogP contribution in [0.15, 0.2) is 0 Å². The number of methoxy groups -OCH3 is 1. The van der Waals surface area contributed by atoms with Gasteiger partial charge in [-0.1, -0.05) is 0 Å². The Balaban J connectivity index is 4.38. The summed E-state index contributed by atoms with van der Waals surface area (Å²) in [4.78, 5) is 21.4. The highest BCUT2D eigenvalue weighted by molar-refractivity contribution is 6.35. The molecule has 0 radical (unpaired) electrons.